The molecular weight excluding hydrogens is 685 g/mol. The standard InChI is InChI=1S/C47H84N4O4/c1-33(2)14-11-15-34(3)38-16-17-39-45-40(19-21-47(38,39)5)46(4)20-18-37(29-36(46)30-41(45)52)51-27-13-25-49-23-10-9-22-48-24-12-26-50-32-35-28-43(54-7)44(55-8)31-42(35)53-6/h28,31,33-34,36-41,45,48-52H,9-27,29-30,32H2,1-8H3/t34-,36+,37+,38-,39?,40?,41-,45?,46+,47-/m1/s1. The van der Waals surface area contributed by atoms with Gasteiger partial charge in [-0.25, -0.2) is 0 Å². The molecule has 1 aromatic carbocycles. The number of hydrogen-bond donors (Lipinski definition) is 5. The molecule has 0 amide bonds. The maximum Gasteiger partial charge on any atom is 0.164 e. The molecule has 8 heteroatoms. The molecule has 4 fully saturated rings. The van der Waals surface area contributed by atoms with Gasteiger partial charge >= 0.3 is 0 Å². The number of methoxy groups -OCH3 is 3. The second kappa shape index (κ2) is 21.4. The quantitative estimate of drug-likeness (QED) is 0.0668. The summed E-state index contributed by atoms with van der Waals surface area (Å²) in [4.78, 5) is 0. The van der Waals surface area contributed by atoms with Crippen LogP contribution in [0, 0.1) is 52.3 Å². The van der Waals surface area contributed by atoms with E-state index < -0.39 is 0 Å². The van der Waals surface area contributed by atoms with Crippen LogP contribution in [-0.2, 0) is 6.54 Å². The van der Waals surface area contributed by atoms with E-state index in [0.29, 0.717) is 34.5 Å². The van der Waals surface area contributed by atoms with Gasteiger partial charge in [0.1, 0.15) is 5.75 Å². The molecule has 4 aliphatic rings. The molecule has 5 rings (SSSR count). The number of ether oxygens (including phenoxy) is 3. The number of unbranched alkanes of at least 4 members (excludes halogenated alkanes) is 1. The van der Waals surface area contributed by atoms with Gasteiger partial charge in [0.15, 0.2) is 11.5 Å². The lowest BCUT2D eigenvalue weighted by Gasteiger charge is -2.62. The van der Waals surface area contributed by atoms with Crippen molar-refractivity contribution in [3.63, 3.8) is 0 Å². The third-order valence-electron chi connectivity index (χ3n) is 15.6. The van der Waals surface area contributed by atoms with Crippen molar-refractivity contribution < 1.29 is 19.3 Å². The molecule has 0 spiro atoms. The van der Waals surface area contributed by atoms with Crippen LogP contribution in [-0.4, -0.2) is 77.9 Å². The molecule has 0 bridgehead atoms. The van der Waals surface area contributed by atoms with E-state index in [9.17, 15) is 5.11 Å². The van der Waals surface area contributed by atoms with Crippen molar-refractivity contribution in [1.82, 2.24) is 21.3 Å². The summed E-state index contributed by atoms with van der Waals surface area (Å²) in [5.41, 5.74) is 1.92. The number of hydrogen-bond acceptors (Lipinski definition) is 8. The first-order valence-electron chi connectivity index (χ1n) is 22.9. The Kier molecular flexibility index (Phi) is 17.3. The molecule has 10 atom stereocenters. The van der Waals surface area contributed by atoms with Crippen LogP contribution in [0.25, 0.3) is 0 Å². The van der Waals surface area contributed by atoms with E-state index in [1.807, 2.05) is 12.1 Å². The van der Waals surface area contributed by atoms with Crippen LogP contribution in [0.3, 0.4) is 0 Å². The van der Waals surface area contributed by atoms with E-state index in [1.54, 1.807) is 21.3 Å². The number of rotatable bonds is 24. The lowest BCUT2D eigenvalue weighted by Crippen LogP contribution is -2.59. The molecule has 3 unspecified atom stereocenters. The largest absolute Gasteiger partial charge is 0.496 e. The van der Waals surface area contributed by atoms with Crippen molar-refractivity contribution in [2.75, 3.05) is 60.6 Å². The summed E-state index contributed by atoms with van der Waals surface area (Å²) in [6.45, 7) is 19.7. The highest BCUT2D eigenvalue weighted by atomic mass is 16.5. The lowest BCUT2D eigenvalue weighted by molar-refractivity contribution is -0.167. The summed E-state index contributed by atoms with van der Waals surface area (Å²) in [6.07, 6.45) is 19.2. The first kappa shape index (κ1) is 44.5. The summed E-state index contributed by atoms with van der Waals surface area (Å²) in [6, 6.07) is 4.49. The number of aliphatic hydroxyl groups is 1. The Morgan fingerprint density at radius 2 is 1.29 bits per heavy atom. The molecule has 5 N–H and O–H groups in total. The van der Waals surface area contributed by atoms with Crippen LogP contribution >= 0.6 is 0 Å². The minimum absolute atomic E-state index is 0.0934. The van der Waals surface area contributed by atoms with E-state index >= 15 is 0 Å². The summed E-state index contributed by atoms with van der Waals surface area (Å²) in [7, 11) is 4.99. The molecular formula is C47H84N4O4. The molecule has 0 heterocycles. The van der Waals surface area contributed by atoms with Crippen molar-refractivity contribution in [2.24, 2.45) is 52.3 Å². The number of aliphatic hydroxyl groups excluding tert-OH is 1. The van der Waals surface area contributed by atoms with Crippen molar-refractivity contribution >= 4 is 0 Å². The van der Waals surface area contributed by atoms with Gasteiger partial charge in [-0.2, -0.15) is 0 Å². The molecule has 0 radical (unpaired) electrons. The van der Waals surface area contributed by atoms with Crippen LogP contribution in [0.2, 0.25) is 0 Å². The van der Waals surface area contributed by atoms with E-state index in [4.69, 9.17) is 14.2 Å². The van der Waals surface area contributed by atoms with Crippen LogP contribution in [0.4, 0.5) is 0 Å². The molecule has 0 saturated heterocycles. The van der Waals surface area contributed by atoms with Crippen molar-refractivity contribution in [3.8, 4) is 17.2 Å². The Bertz CT molecular complexity index is 1280. The summed E-state index contributed by atoms with van der Waals surface area (Å²) >= 11 is 0. The van der Waals surface area contributed by atoms with Gasteiger partial charge in [0.2, 0.25) is 0 Å². The van der Waals surface area contributed by atoms with Gasteiger partial charge in [-0.1, -0.05) is 53.9 Å². The minimum Gasteiger partial charge on any atom is -0.496 e. The molecule has 8 nitrogen and oxygen atoms in total. The topological polar surface area (TPSA) is 96.0 Å². The molecule has 316 valence electrons. The predicted molar refractivity (Wildman–Crippen MR) is 228 cm³/mol. The van der Waals surface area contributed by atoms with Gasteiger partial charge in [-0.05, 0) is 175 Å². The monoisotopic (exact) mass is 769 g/mol. The van der Waals surface area contributed by atoms with Crippen LogP contribution < -0.4 is 35.5 Å². The molecule has 0 aromatic heterocycles. The SMILES string of the molecule is COc1cc(OC)c(OC)cc1CNCCCNCCCCNCCCN[C@H]1CC[C@]2(C)C3CC[C@@]4(C)C(CC[C@@H]4[C@H](C)CCCC(C)C)C3[C@H](O)C[C@@H]2C1. The fraction of sp³-hybridized carbons (Fsp3) is 0.872. The Morgan fingerprint density at radius 1 is 0.673 bits per heavy atom. The van der Waals surface area contributed by atoms with Gasteiger partial charge in [0.05, 0.1) is 27.4 Å². The van der Waals surface area contributed by atoms with E-state index in [0.717, 1.165) is 105 Å². The van der Waals surface area contributed by atoms with Gasteiger partial charge in [0.25, 0.3) is 0 Å². The highest BCUT2D eigenvalue weighted by Crippen LogP contribution is 2.68. The Balaban J connectivity index is 0.899. The third kappa shape index (κ3) is 11.1. The van der Waals surface area contributed by atoms with Crippen LogP contribution in [0.15, 0.2) is 12.1 Å². The zero-order valence-electron chi connectivity index (χ0n) is 36.6. The zero-order chi connectivity index (χ0) is 39.4. The molecule has 4 saturated carbocycles. The summed E-state index contributed by atoms with van der Waals surface area (Å²) in [5.74, 6) is 7.37. The van der Waals surface area contributed by atoms with Gasteiger partial charge in [-0.15, -0.1) is 0 Å². The molecule has 1 aromatic rings. The lowest BCUT2D eigenvalue weighted by atomic mass is 9.43. The normalized spacial score (nSPS) is 32.1. The second-order valence-corrected chi connectivity index (χ2v) is 19.4. The summed E-state index contributed by atoms with van der Waals surface area (Å²) < 4.78 is 16.4. The zero-order valence-corrected chi connectivity index (χ0v) is 36.6. The average molecular weight is 769 g/mol. The molecule has 4 aliphatic carbocycles. The van der Waals surface area contributed by atoms with Gasteiger partial charge in [0, 0.05) is 24.2 Å². The van der Waals surface area contributed by atoms with Crippen molar-refractivity contribution in [2.45, 2.75) is 150 Å². The van der Waals surface area contributed by atoms with Gasteiger partial charge < -0.3 is 40.6 Å². The second-order valence-electron chi connectivity index (χ2n) is 19.4. The Hall–Kier alpha value is -1.58. The van der Waals surface area contributed by atoms with Crippen molar-refractivity contribution in [1.29, 1.82) is 0 Å². The molecule has 0 aliphatic heterocycles. The van der Waals surface area contributed by atoms with Crippen molar-refractivity contribution in [3.05, 3.63) is 17.7 Å². The van der Waals surface area contributed by atoms with Gasteiger partial charge in [-0.3, -0.25) is 0 Å². The Labute approximate surface area is 337 Å². The van der Waals surface area contributed by atoms with Crippen LogP contribution in [0.1, 0.15) is 136 Å². The average Bonchev–Trinajstić information content (AvgIpc) is 3.53. The minimum atomic E-state index is -0.0934. The van der Waals surface area contributed by atoms with Crippen LogP contribution in [0.5, 0.6) is 17.2 Å². The number of fused-ring (bicyclic) bond motifs is 5. The molecule has 55 heavy (non-hydrogen) atoms. The smallest absolute Gasteiger partial charge is 0.164 e. The van der Waals surface area contributed by atoms with E-state index in [1.165, 1.54) is 83.5 Å². The summed E-state index contributed by atoms with van der Waals surface area (Å²) in [5, 5.41) is 26.6. The maximum atomic E-state index is 11.9. The Morgan fingerprint density at radius 3 is 1.98 bits per heavy atom. The fourth-order valence-electron chi connectivity index (χ4n) is 12.5. The highest BCUT2D eigenvalue weighted by molar-refractivity contribution is 5.50. The number of nitrogens with one attached hydrogen (secondary N) is 4. The van der Waals surface area contributed by atoms with E-state index in [-0.39, 0.29) is 6.10 Å². The highest BCUT2D eigenvalue weighted by Gasteiger charge is 2.62. The fourth-order valence-corrected chi connectivity index (χ4v) is 12.5. The third-order valence-corrected chi connectivity index (χ3v) is 15.6. The number of benzene rings is 1. The maximum absolute atomic E-state index is 11.9. The first-order chi connectivity index (χ1) is 26.5. The first-order valence-corrected chi connectivity index (χ1v) is 22.9. The predicted octanol–water partition coefficient (Wildman–Crippen LogP) is 8.59. The van der Waals surface area contributed by atoms with E-state index in [2.05, 4.69) is 55.9 Å².